The molecule has 26 heavy (non-hydrogen) atoms. The van der Waals surface area contributed by atoms with E-state index in [1.165, 1.54) is 6.92 Å². The largest absolute Gasteiger partial charge is 0.491 e. The van der Waals surface area contributed by atoms with Crippen LogP contribution in [0.25, 0.3) is 11.0 Å². The minimum Gasteiger partial charge on any atom is -0.491 e. The summed E-state index contributed by atoms with van der Waals surface area (Å²) in [7, 11) is 2.02. The number of aliphatic hydroxyl groups is 1. The molecule has 0 spiro atoms. The van der Waals surface area contributed by atoms with Gasteiger partial charge in [-0.2, -0.15) is 0 Å². The number of aliphatic hydroxyl groups excluding tert-OH is 1. The van der Waals surface area contributed by atoms with Gasteiger partial charge < -0.3 is 15.2 Å². The number of benzene rings is 2. The molecule has 1 atom stereocenters. The maximum Gasteiger partial charge on any atom is 0.254 e. The predicted molar refractivity (Wildman–Crippen MR) is 100 cm³/mol. The van der Waals surface area contributed by atoms with Crippen LogP contribution in [0.2, 0.25) is 0 Å². The Morgan fingerprint density at radius 3 is 2.62 bits per heavy atom. The van der Waals surface area contributed by atoms with Crippen molar-refractivity contribution < 1.29 is 19.2 Å². The molecule has 2 aromatic carbocycles. The summed E-state index contributed by atoms with van der Waals surface area (Å²) in [5.41, 5.74) is 2.94. The van der Waals surface area contributed by atoms with Crippen LogP contribution < -0.4 is 14.6 Å². The molecule has 2 N–H and O–H groups in total. The van der Waals surface area contributed by atoms with Gasteiger partial charge in [-0.3, -0.25) is 4.79 Å². The first-order valence-corrected chi connectivity index (χ1v) is 8.58. The van der Waals surface area contributed by atoms with Gasteiger partial charge in [0.15, 0.2) is 11.0 Å². The van der Waals surface area contributed by atoms with Crippen LogP contribution >= 0.6 is 0 Å². The van der Waals surface area contributed by atoms with Crippen LogP contribution in [0, 0.1) is 6.92 Å². The standard InChI is InChI=1S/C20H23N3O3/c1-14(24)21-16-8-10-18(11-9-16)26-13-17(25)12-23-15(2)22(3)19-6-4-5-7-20(19)23/h4-11,17,25H,12-13H2,1-3H3/p+1. The molecule has 0 saturated carbocycles. The monoisotopic (exact) mass is 354 g/mol. The molecule has 1 unspecified atom stereocenters. The summed E-state index contributed by atoms with van der Waals surface area (Å²) in [6, 6.07) is 15.2. The molecule has 3 aromatic rings. The smallest absolute Gasteiger partial charge is 0.254 e. The Bertz CT molecular complexity index is 916. The predicted octanol–water partition coefficient (Wildman–Crippen LogP) is 2.17. The molecule has 136 valence electrons. The zero-order valence-electron chi connectivity index (χ0n) is 15.3. The van der Waals surface area contributed by atoms with E-state index in [9.17, 15) is 9.90 Å². The average Bonchev–Trinajstić information content (AvgIpc) is 2.86. The van der Waals surface area contributed by atoms with Crippen LogP contribution in [0.3, 0.4) is 0 Å². The second-order valence-corrected chi connectivity index (χ2v) is 6.38. The van der Waals surface area contributed by atoms with Gasteiger partial charge in [0.25, 0.3) is 5.82 Å². The second-order valence-electron chi connectivity index (χ2n) is 6.38. The molecule has 0 saturated heterocycles. The summed E-state index contributed by atoms with van der Waals surface area (Å²) in [4.78, 5) is 11.0. The van der Waals surface area contributed by atoms with Gasteiger partial charge in [-0.1, -0.05) is 12.1 Å². The number of aromatic nitrogens is 2. The van der Waals surface area contributed by atoms with E-state index in [0.717, 1.165) is 16.9 Å². The first-order chi connectivity index (χ1) is 12.5. The number of aryl methyl sites for hydroxylation is 1. The maximum absolute atomic E-state index is 11.0. The Morgan fingerprint density at radius 1 is 1.23 bits per heavy atom. The first kappa shape index (κ1) is 17.9. The molecule has 0 aliphatic rings. The summed E-state index contributed by atoms with van der Waals surface area (Å²) >= 11 is 0. The summed E-state index contributed by atoms with van der Waals surface area (Å²) in [5, 5.41) is 13.1. The quantitative estimate of drug-likeness (QED) is 0.667. The van der Waals surface area contributed by atoms with Gasteiger partial charge in [0.05, 0.1) is 7.05 Å². The highest BCUT2D eigenvalue weighted by molar-refractivity contribution is 5.88. The lowest BCUT2D eigenvalue weighted by atomic mass is 10.3. The number of carbonyl (C=O) groups excluding carboxylic acids is 1. The zero-order chi connectivity index (χ0) is 18.7. The molecule has 3 rings (SSSR count). The highest BCUT2D eigenvalue weighted by Crippen LogP contribution is 2.17. The Morgan fingerprint density at radius 2 is 1.92 bits per heavy atom. The van der Waals surface area contributed by atoms with E-state index in [1.54, 1.807) is 24.3 Å². The van der Waals surface area contributed by atoms with Gasteiger partial charge in [0.2, 0.25) is 5.91 Å². The van der Waals surface area contributed by atoms with Crippen molar-refractivity contribution in [3.8, 4) is 5.75 Å². The summed E-state index contributed by atoms with van der Waals surface area (Å²) < 4.78 is 9.89. The van der Waals surface area contributed by atoms with Gasteiger partial charge in [-0.25, -0.2) is 9.13 Å². The van der Waals surface area contributed by atoms with Gasteiger partial charge >= 0.3 is 0 Å². The SMILES string of the molecule is CC(=O)Nc1ccc(OCC(O)Cn2c(C)[n+](C)c3ccccc32)cc1. The lowest BCUT2D eigenvalue weighted by Gasteiger charge is -2.12. The number of fused-ring (bicyclic) bond motifs is 1. The molecule has 1 heterocycles. The van der Waals surface area contributed by atoms with E-state index < -0.39 is 6.10 Å². The van der Waals surface area contributed by atoms with Crippen molar-refractivity contribution in [1.29, 1.82) is 0 Å². The number of imidazole rings is 1. The Labute approximate surface area is 152 Å². The van der Waals surface area contributed by atoms with Crippen molar-refractivity contribution >= 4 is 22.6 Å². The fourth-order valence-corrected chi connectivity index (χ4v) is 3.03. The zero-order valence-corrected chi connectivity index (χ0v) is 15.3. The average molecular weight is 354 g/mol. The van der Waals surface area contributed by atoms with Crippen molar-refractivity contribution in [3.05, 3.63) is 54.4 Å². The van der Waals surface area contributed by atoms with E-state index in [2.05, 4.69) is 26.6 Å². The highest BCUT2D eigenvalue weighted by atomic mass is 16.5. The van der Waals surface area contributed by atoms with E-state index in [-0.39, 0.29) is 12.5 Å². The van der Waals surface area contributed by atoms with Crippen LogP contribution in [0.1, 0.15) is 12.7 Å². The van der Waals surface area contributed by atoms with Crippen LogP contribution in [0.5, 0.6) is 5.75 Å². The third-order valence-electron chi connectivity index (χ3n) is 4.42. The fourth-order valence-electron chi connectivity index (χ4n) is 3.03. The number of amides is 1. The third kappa shape index (κ3) is 3.86. The number of rotatable bonds is 6. The number of carbonyl (C=O) groups is 1. The molecule has 0 bridgehead atoms. The summed E-state index contributed by atoms with van der Waals surface area (Å²) in [5.74, 6) is 1.61. The first-order valence-electron chi connectivity index (χ1n) is 8.58. The van der Waals surface area contributed by atoms with Crippen LogP contribution in [-0.4, -0.2) is 28.3 Å². The lowest BCUT2D eigenvalue weighted by Crippen LogP contribution is -2.32. The second kappa shape index (κ2) is 7.58. The Kier molecular flexibility index (Phi) is 5.23. The number of nitrogens with one attached hydrogen (secondary N) is 1. The number of para-hydroxylation sites is 2. The number of anilines is 1. The van der Waals surface area contributed by atoms with Crippen LogP contribution in [0.4, 0.5) is 5.69 Å². The third-order valence-corrected chi connectivity index (χ3v) is 4.42. The van der Waals surface area contributed by atoms with E-state index in [4.69, 9.17) is 4.74 Å². The molecular formula is C20H24N3O3+. The molecule has 0 aliphatic heterocycles. The minimum atomic E-state index is -0.639. The fraction of sp³-hybridized carbons (Fsp3) is 0.300. The number of nitrogens with zero attached hydrogens (tertiary/aromatic N) is 2. The molecule has 1 aromatic heterocycles. The lowest BCUT2D eigenvalue weighted by molar-refractivity contribution is -0.652. The van der Waals surface area contributed by atoms with Crippen molar-refractivity contribution in [1.82, 2.24) is 4.57 Å². The van der Waals surface area contributed by atoms with E-state index >= 15 is 0 Å². The Balaban J connectivity index is 1.64. The van der Waals surface area contributed by atoms with Crippen molar-refractivity contribution in [2.24, 2.45) is 7.05 Å². The normalized spacial score (nSPS) is 12.2. The molecule has 6 nitrogen and oxygen atoms in total. The molecule has 0 radical (unpaired) electrons. The van der Waals surface area contributed by atoms with Gasteiger partial charge in [0, 0.05) is 19.5 Å². The highest BCUT2D eigenvalue weighted by Gasteiger charge is 2.21. The van der Waals surface area contributed by atoms with E-state index in [0.29, 0.717) is 18.0 Å². The van der Waals surface area contributed by atoms with Crippen LogP contribution in [-0.2, 0) is 18.4 Å². The summed E-state index contributed by atoms with van der Waals surface area (Å²) in [6.45, 7) is 4.15. The van der Waals surface area contributed by atoms with E-state index in [1.807, 2.05) is 26.1 Å². The number of hydrogen-bond donors (Lipinski definition) is 2. The summed E-state index contributed by atoms with van der Waals surface area (Å²) in [6.07, 6.45) is -0.639. The molecule has 1 amide bonds. The van der Waals surface area contributed by atoms with Gasteiger partial charge in [0.1, 0.15) is 25.0 Å². The number of hydrogen-bond acceptors (Lipinski definition) is 3. The molecule has 6 heteroatoms. The minimum absolute atomic E-state index is 0.114. The molecular weight excluding hydrogens is 330 g/mol. The van der Waals surface area contributed by atoms with Gasteiger partial charge in [-0.05, 0) is 36.4 Å². The topological polar surface area (TPSA) is 67.4 Å². The Hall–Kier alpha value is -2.86. The van der Waals surface area contributed by atoms with Gasteiger partial charge in [-0.15, -0.1) is 0 Å². The van der Waals surface area contributed by atoms with Crippen molar-refractivity contribution in [2.45, 2.75) is 26.5 Å². The molecule has 0 aliphatic carbocycles. The van der Waals surface area contributed by atoms with Crippen molar-refractivity contribution in [2.75, 3.05) is 11.9 Å². The van der Waals surface area contributed by atoms with Crippen LogP contribution in [0.15, 0.2) is 48.5 Å². The van der Waals surface area contributed by atoms with Crippen molar-refractivity contribution in [3.63, 3.8) is 0 Å². The molecule has 0 fully saturated rings. The maximum atomic E-state index is 11.0. The number of ether oxygens (including phenoxy) is 1.